The Labute approximate surface area is 203 Å². The van der Waals surface area contributed by atoms with Crippen molar-refractivity contribution in [3.05, 3.63) is 94.6 Å². The molecule has 0 saturated carbocycles. The van der Waals surface area contributed by atoms with Crippen molar-refractivity contribution in [2.24, 2.45) is 0 Å². The molecule has 8 heteroatoms. The summed E-state index contributed by atoms with van der Waals surface area (Å²) in [6, 6.07) is 20.6. The number of nitrogens with zero attached hydrogens (tertiary/aromatic N) is 1. The molecular formula is C27H24N2O6. The van der Waals surface area contributed by atoms with Gasteiger partial charge in [-0.25, -0.2) is 4.79 Å². The number of methoxy groups -OCH3 is 2. The molecule has 8 nitrogen and oxygen atoms in total. The number of hydrogen-bond acceptors (Lipinski definition) is 6. The summed E-state index contributed by atoms with van der Waals surface area (Å²) in [6.07, 6.45) is 1.47. The Balaban J connectivity index is 1.66. The highest BCUT2D eigenvalue weighted by molar-refractivity contribution is 6.01. The van der Waals surface area contributed by atoms with Crippen LogP contribution in [-0.4, -0.2) is 31.2 Å². The van der Waals surface area contributed by atoms with Crippen LogP contribution in [0.3, 0.4) is 0 Å². The van der Waals surface area contributed by atoms with E-state index in [1.807, 2.05) is 18.2 Å². The maximum absolute atomic E-state index is 12.5. The Bertz CT molecular complexity index is 1260. The maximum atomic E-state index is 12.5. The average Bonchev–Trinajstić information content (AvgIpc) is 2.89. The molecule has 35 heavy (non-hydrogen) atoms. The fraction of sp³-hybridized carbons (Fsp3) is 0.148. The van der Waals surface area contributed by atoms with E-state index < -0.39 is 11.9 Å². The lowest BCUT2D eigenvalue weighted by Gasteiger charge is -2.12. The lowest BCUT2D eigenvalue weighted by molar-refractivity contribution is -0.117. The first-order valence-electron chi connectivity index (χ1n) is 10.6. The predicted octanol–water partition coefficient (Wildman–Crippen LogP) is 4.20. The number of carboxylic acid groups (broad SMARTS) is 1. The summed E-state index contributed by atoms with van der Waals surface area (Å²) in [6.45, 7) is 0.480. The Morgan fingerprint density at radius 3 is 2.23 bits per heavy atom. The van der Waals surface area contributed by atoms with E-state index in [0.717, 1.165) is 16.9 Å². The topological polar surface area (TPSA) is 118 Å². The van der Waals surface area contributed by atoms with Crippen molar-refractivity contribution in [2.45, 2.75) is 13.2 Å². The van der Waals surface area contributed by atoms with E-state index in [2.05, 4.69) is 5.32 Å². The molecule has 0 aliphatic heterocycles. The van der Waals surface area contributed by atoms with Gasteiger partial charge in [0.25, 0.3) is 5.91 Å². The predicted molar refractivity (Wildman–Crippen MR) is 129 cm³/mol. The summed E-state index contributed by atoms with van der Waals surface area (Å²) < 4.78 is 16.3. The average molecular weight is 472 g/mol. The minimum absolute atomic E-state index is 0.0484. The van der Waals surface area contributed by atoms with Crippen LogP contribution in [0.15, 0.2) is 72.3 Å². The molecule has 0 unspecified atom stereocenters. The Morgan fingerprint density at radius 1 is 0.943 bits per heavy atom. The molecule has 2 N–H and O–H groups in total. The number of nitriles is 1. The summed E-state index contributed by atoms with van der Waals surface area (Å²) in [4.78, 5) is 23.5. The number of carbonyl (C=O) groups excluding carboxylic acids is 1. The first-order chi connectivity index (χ1) is 16.9. The van der Waals surface area contributed by atoms with Crippen LogP contribution in [0.4, 0.5) is 0 Å². The van der Waals surface area contributed by atoms with Gasteiger partial charge in [-0.1, -0.05) is 30.3 Å². The van der Waals surface area contributed by atoms with E-state index in [1.165, 1.54) is 25.3 Å². The lowest BCUT2D eigenvalue weighted by atomic mass is 10.1. The van der Waals surface area contributed by atoms with Crippen LogP contribution in [0.2, 0.25) is 0 Å². The van der Waals surface area contributed by atoms with Gasteiger partial charge in [0.2, 0.25) is 0 Å². The lowest BCUT2D eigenvalue weighted by Crippen LogP contribution is -2.23. The van der Waals surface area contributed by atoms with Crippen molar-refractivity contribution in [3.63, 3.8) is 0 Å². The number of carbonyl (C=O) groups is 2. The molecule has 0 heterocycles. The molecule has 3 aromatic carbocycles. The van der Waals surface area contributed by atoms with Crippen LogP contribution < -0.4 is 19.5 Å². The number of rotatable bonds is 10. The third-order valence-electron chi connectivity index (χ3n) is 5.07. The fourth-order valence-corrected chi connectivity index (χ4v) is 3.13. The van der Waals surface area contributed by atoms with Crippen molar-refractivity contribution >= 4 is 18.0 Å². The second kappa shape index (κ2) is 11.9. The summed E-state index contributed by atoms with van der Waals surface area (Å²) in [5.74, 6) is 0.128. The maximum Gasteiger partial charge on any atom is 0.335 e. The minimum atomic E-state index is -0.992. The van der Waals surface area contributed by atoms with Crippen LogP contribution >= 0.6 is 0 Å². The van der Waals surface area contributed by atoms with E-state index in [4.69, 9.17) is 19.3 Å². The van der Waals surface area contributed by atoms with Crippen molar-refractivity contribution in [1.82, 2.24) is 5.32 Å². The normalized spacial score (nSPS) is 10.7. The molecule has 0 spiro atoms. The zero-order chi connectivity index (χ0) is 25.2. The first kappa shape index (κ1) is 24.9. The van der Waals surface area contributed by atoms with E-state index in [1.54, 1.807) is 49.6 Å². The largest absolute Gasteiger partial charge is 0.497 e. The second-order valence-corrected chi connectivity index (χ2v) is 7.40. The minimum Gasteiger partial charge on any atom is -0.497 e. The van der Waals surface area contributed by atoms with Gasteiger partial charge in [0.1, 0.15) is 24.0 Å². The number of benzene rings is 3. The van der Waals surface area contributed by atoms with Gasteiger partial charge < -0.3 is 24.6 Å². The van der Waals surface area contributed by atoms with E-state index in [0.29, 0.717) is 17.1 Å². The van der Waals surface area contributed by atoms with Gasteiger partial charge in [-0.05, 0) is 59.2 Å². The second-order valence-electron chi connectivity index (χ2n) is 7.40. The Kier molecular flexibility index (Phi) is 8.46. The summed E-state index contributed by atoms with van der Waals surface area (Å²) >= 11 is 0. The first-order valence-corrected chi connectivity index (χ1v) is 10.6. The number of aromatic carboxylic acids is 1. The quantitative estimate of drug-likeness (QED) is 0.335. The number of nitrogens with one attached hydrogen (secondary N) is 1. The van der Waals surface area contributed by atoms with Crippen LogP contribution in [0.25, 0.3) is 6.08 Å². The van der Waals surface area contributed by atoms with E-state index in [-0.39, 0.29) is 24.3 Å². The van der Waals surface area contributed by atoms with Crippen molar-refractivity contribution < 1.29 is 28.9 Å². The number of amides is 1. The molecule has 0 bridgehead atoms. The van der Waals surface area contributed by atoms with Gasteiger partial charge in [0.15, 0.2) is 11.5 Å². The smallest absolute Gasteiger partial charge is 0.335 e. The van der Waals surface area contributed by atoms with Gasteiger partial charge in [-0.3, -0.25) is 4.79 Å². The fourth-order valence-electron chi connectivity index (χ4n) is 3.13. The van der Waals surface area contributed by atoms with Crippen molar-refractivity contribution in [3.8, 4) is 23.3 Å². The molecule has 0 saturated heterocycles. The van der Waals surface area contributed by atoms with Gasteiger partial charge in [0, 0.05) is 6.54 Å². The zero-order valence-electron chi connectivity index (χ0n) is 19.3. The third kappa shape index (κ3) is 6.85. The van der Waals surface area contributed by atoms with Gasteiger partial charge in [0.05, 0.1) is 19.8 Å². The van der Waals surface area contributed by atoms with Gasteiger partial charge in [-0.15, -0.1) is 0 Å². The van der Waals surface area contributed by atoms with E-state index in [9.17, 15) is 14.9 Å². The number of hydrogen-bond donors (Lipinski definition) is 2. The number of carboxylic acids is 1. The summed E-state index contributed by atoms with van der Waals surface area (Å²) in [5, 5.41) is 21.2. The SMILES string of the molecule is COc1ccc(CNC(=O)/C(C#N)=C\c2ccc(OCc3ccc(C(=O)O)cc3)c(OC)c2)cc1. The van der Waals surface area contributed by atoms with Crippen molar-refractivity contribution in [1.29, 1.82) is 5.26 Å². The molecular weight excluding hydrogens is 448 g/mol. The van der Waals surface area contributed by atoms with Crippen LogP contribution in [0.1, 0.15) is 27.0 Å². The Hall–Kier alpha value is -4.77. The molecule has 0 fully saturated rings. The molecule has 0 radical (unpaired) electrons. The molecule has 178 valence electrons. The Morgan fingerprint density at radius 2 is 1.63 bits per heavy atom. The van der Waals surface area contributed by atoms with Crippen LogP contribution in [0, 0.1) is 11.3 Å². The molecule has 1 amide bonds. The van der Waals surface area contributed by atoms with Crippen molar-refractivity contribution in [2.75, 3.05) is 14.2 Å². The monoisotopic (exact) mass is 472 g/mol. The zero-order valence-corrected chi connectivity index (χ0v) is 19.3. The highest BCUT2D eigenvalue weighted by Crippen LogP contribution is 2.29. The van der Waals surface area contributed by atoms with Gasteiger partial charge in [-0.2, -0.15) is 5.26 Å². The molecule has 3 rings (SSSR count). The highest BCUT2D eigenvalue weighted by atomic mass is 16.5. The standard InChI is InChI=1S/C27H24N2O6/c1-33-23-10-5-18(6-11-23)16-29-26(30)22(15-28)13-20-7-12-24(25(14-20)34-2)35-17-19-3-8-21(9-4-19)27(31)32/h3-14H,16-17H2,1-2H3,(H,29,30)(H,31,32)/b22-13-. The molecule has 0 aromatic heterocycles. The molecule has 3 aromatic rings. The van der Waals surface area contributed by atoms with Crippen LogP contribution in [0.5, 0.6) is 17.2 Å². The van der Waals surface area contributed by atoms with E-state index >= 15 is 0 Å². The highest BCUT2D eigenvalue weighted by Gasteiger charge is 2.11. The summed E-state index contributed by atoms with van der Waals surface area (Å²) in [5.41, 5.74) is 2.41. The number of ether oxygens (including phenoxy) is 3. The molecule has 0 atom stereocenters. The third-order valence-corrected chi connectivity index (χ3v) is 5.07. The molecule has 0 aliphatic carbocycles. The molecule has 0 aliphatic rings. The van der Waals surface area contributed by atoms with Crippen LogP contribution in [-0.2, 0) is 17.9 Å². The van der Waals surface area contributed by atoms with Gasteiger partial charge >= 0.3 is 5.97 Å². The summed E-state index contributed by atoms with van der Waals surface area (Å²) in [7, 11) is 3.07.